The number of hydrogen-bond acceptors (Lipinski definition) is 4. The summed E-state index contributed by atoms with van der Waals surface area (Å²) in [6.07, 6.45) is 14.4. The van der Waals surface area contributed by atoms with Gasteiger partial charge in [-0.3, -0.25) is 9.98 Å². The van der Waals surface area contributed by atoms with Gasteiger partial charge in [0.25, 0.3) is 0 Å². The number of rotatable bonds is 15. The maximum Gasteiger partial charge on any atom is 2.00 e. The summed E-state index contributed by atoms with van der Waals surface area (Å²) >= 11 is 0. The number of nitrogens with zero attached hydrogens (tertiary/aromatic N) is 2. The molecule has 0 aliphatic carbocycles. The van der Waals surface area contributed by atoms with Gasteiger partial charge >= 0.3 is 16.5 Å². The van der Waals surface area contributed by atoms with Crippen molar-refractivity contribution in [1.29, 1.82) is 0 Å². The van der Waals surface area contributed by atoms with Crippen LogP contribution in [0.15, 0.2) is 52.4 Å². The van der Waals surface area contributed by atoms with Crippen LogP contribution in [0.25, 0.3) is 0 Å². The average Bonchev–Trinajstić information content (AvgIpc) is 3.05. The zero-order valence-corrected chi connectivity index (χ0v) is 30.1. The van der Waals surface area contributed by atoms with Crippen LogP contribution in [0.5, 0.6) is 11.5 Å². The predicted octanol–water partition coefficient (Wildman–Crippen LogP) is 10.0. The van der Waals surface area contributed by atoms with Gasteiger partial charge in [-0.2, -0.15) is 0 Å². The van der Waals surface area contributed by atoms with E-state index in [4.69, 9.17) is 9.98 Å². The first-order valence-corrected chi connectivity index (χ1v) is 17.1. The molecule has 0 N–H and O–H groups in total. The van der Waals surface area contributed by atoms with Crippen molar-refractivity contribution in [3.05, 3.63) is 81.4 Å². The SMILES string of the molecule is CCCCCC(C=Nc1ccc(CC)c(CC)c1)=Nc1ccc(CC)c(CC)c1.CCCCc1c(C)c(CC)cc([O-])c1[O-].[Ni+2]. The molecule has 0 spiro atoms. The standard InChI is InChI=1S/C27H38N2.C13H20O2.Ni/c1-6-11-12-13-27(29-26-17-15-22(8-3)24(10-5)19-26)20-28-25-16-14-21(7-2)23(9-4)18-25;1-4-6-7-11-9(3)10(5-2)8-12(14)13(11)15;/h14-20H,6-13H2,1-5H3;8,14-15H,4-7H2,1-3H3;/q;;+2/p-2. The minimum Gasteiger partial charge on any atom is -0.873 e. The van der Waals surface area contributed by atoms with Gasteiger partial charge < -0.3 is 10.2 Å². The minimum absolute atomic E-state index is 0. The molecule has 0 radical (unpaired) electrons. The van der Waals surface area contributed by atoms with Gasteiger partial charge in [0, 0.05) is 6.21 Å². The van der Waals surface area contributed by atoms with Crippen molar-refractivity contribution in [3.8, 4) is 11.5 Å². The molecule has 0 aliphatic rings. The molecule has 5 heteroatoms. The molecule has 0 bridgehead atoms. The second-order valence-electron chi connectivity index (χ2n) is 11.6. The number of aryl methyl sites for hydroxylation is 5. The number of hydrogen-bond donors (Lipinski definition) is 0. The third-order valence-electron chi connectivity index (χ3n) is 8.47. The summed E-state index contributed by atoms with van der Waals surface area (Å²) < 4.78 is 0. The molecule has 4 nitrogen and oxygen atoms in total. The summed E-state index contributed by atoms with van der Waals surface area (Å²) in [5, 5.41) is 23.1. The molecule has 0 fully saturated rings. The Hall–Kier alpha value is -2.91. The van der Waals surface area contributed by atoms with Crippen molar-refractivity contribution in [2.24, 2.45) is 9.98 Å². The maximum atomic E-state index is 11.7. The third-order valence-corrected chi connectivity index (χ3v) is 8.47. The van der Waals surface area contributed by atoms with E-state index in [9.17, 15) is 10.2 Å². The van der Waals surface area contributed by atoms with Crippen molar-refractivity contribution in [2.75, 3.05) is 0 Å². The fourth-order valence-electron chi connectivity index (χ4n) is 5.61. The van der Waals surface area contributed by atoms with Gasteiger partial charge in [0.2, 0.25) is 0 Å². The molecule has 0 aromatic heterocycles. The number of unbranched alkanes of at least 4 members (excludes halogenated alkanes) is 3. The van der Waals surface area contributed by atoms with Gasteiger partial charge in [0.1, 0.15) is 0 Å². The fraction of sp³-hybridized carbons (Fsp3) is 0.500. The van der Waals surface area contributed by atoms with Crippen molar-refractivity contribution < 1.29 is 26.7 Å². The summed E-state index contributed by atoms with van der Waals surface area (Å²) in [6.45, 7) is 17.1. The van der Waals surface area contributed by atoms with Gasteiger partial charge in [-0.15, -0.1) is 11.5 Å². The van der Waals surface area contributed by atoms with Crippen molar-refractivity contribution in [3.63, 3.8) is 0 Å². The van der Waals surface area contributed by atoms with Gasteiger partial charge in [0.15, 0.2) is 0 Å². The molecule has 3 aromatic rings. The van der Waals surface area contributed by atoms with Gasteiger partial charge in [-0.25, -0.2) is 0 Å². The van der Waals surface area contributed by atoms with Crippen LogP contribution in [0.1, 0.15) is 126 Å². The Labute approximate surface area is 284 Å². The molecule has 0 heterocycles. The third kappa shape index (κ3) is 12.4. The van der Waals surface area contributed by atoms with E-state index in [0.717, 1.165) is 98.0 Å². The van der Waals surface area contributed by atoms with E-state index in [1.165, 1.54) is 41.2 Å². The predicted molar refractivity (Wildman–Crippen MR) is 188 cm³/mol. The largest absolute Gasteiger partial charge is 2.00 e. The average molecular weight is 656 g/mol. The number of benzene rings is 3. The van der Waals surface area contributed by atoms with Crippen LogP contribution in [0.3, 0.4) is 0 Å². The van der Waals surface area contributed by atoms with Crippen LogP contribution in [0.2, 0.25) is 0 Å². The van der Waals surface area contributed by atoms with Crippen LogP contribution >= 0.6 is 0 Å². The van der Waals surface area contributed by atoms with Gasteiger partial charge in [-0.1, -0.05) is 91.5 Å². The zero-order valence-electron chi connectivity index (χ0n) is 29.1. The normalized spacial score (nSPS) is 11.3. The topological polar surface area (TPSA) is 70.8 Å². The van der Waals surface area contributed by atoms with Crippen LogP contribution in [0.4, 0.5) is 11.4 Å². The summed E-state index contributed by atoms with van der Waals surface area (Å²) in [6, 6.07) is 14.7. The Morgan fingerprint density at radius 3 is 1.71 bits per heavy atom. The van der Waals surface area contributed by atoms with Crippen LogP contribution in [-0.4, -0.2) is 11.9 Å². The summed E-state index contributed by atoms with van der Waals surface area (Å²) in [5.74, 6) is -0.637. The van der Waals surface area contributed by atoms with Crippen LogP contribution in [-0.2, 0) is 55.0 Å². The molecule has 0 aliphatic heterocycles. The summed E-state index contributed by atoms with van der Waals surface area (Å²) in [4.78, 5) is 9.76. The van der Waals surface area contributed by atoms with Gasteiger partial charge in [-0.05, 0) is 122 Å². The molecule has 248 valence electrons. The maximum absolute atomic E-state index is 11.7. The van der Waals surface area contributed by atoms with E-state index in [2.05, 4.69) is 77.9 Å². The second-order valence-corrected chi connectivity index (χ2v) is 11.6. The first-order chi connectivity index (χ1) is 21.3. The van der Waals surface area contributed by atoms with E-state index in [0.29, 0.717) is 0 Å². The molecular formula is C40H56N2NiO2. The summed E-state index contributed by atoms with van der Waals surface area (Å²) in [7, 11) is 0. The molecule has 0 atom stereocenters. The smallest absolute Gasteiger partial charge is 0.873 e. The Balaban J connectivity index is 0.000000534. The van der Waals surface area contributed by atoms with E-state index in [1.807, 2.05) is 20.1 Å². The zero-order chi connectivity index (χ0) is 32.5. The molecule has 0 unspecified atom stereocenters. The van der Waals surface area contributed by atoms with E-state index in [-0.39, 0.29) is 28.0 Å². The van der Waals surface area contributed by atoms with E-state index >= 15 is 0 Å². The summed E-state index contributed by atoms with van der Waals surface area (Å²) in [5.41, 5.74) is 11.6. The Bertz CT molecular complexity index is 1380. The van der Waals surface area contributed by atoms with Gasteiger partial charge in [0.05, 0.1) is 17.1 Å². The van der Waals surface area contributed by atoms with E-state index < -0.39 is 0 Å². The van der Waals surface area contributed by atoms with Crippen molar-refractivity contribution >= 4 is 23.3 Å². The van der Waals surface area contributed by atoms with Crippen molar-refractivity contribution in [1.82, 2.24) is 0 Å². The van der Waals surface area contributed by atoms with E-state index in [1.54, 1.807) is 0 Å². The molecular weight excluding hydrogens is 599 g/mol. The number of aliphatic imine (C=N–C) groups is 2. The molecule has 0 saturated carbocycles. The Kier molecular flexibility index (Phi) is 19.4. The van der Waals surface area contributed by atoms with Crippen LogP contribution < -0.4 is 10.2 Å². The Morgan fingerprint density at radius 1 is 0.644 bits per heavy atom. The Morgan fingerprint density at radius 2 is 1.18 bits per heavy atom. The molecule has 3 aromatic carbocycles. The first kappa shape index (κ1) is 40.1. The quantitative estimate of drug-likeness (QED) is 0.0929. The monoisotopic (exact) mass is 654 g/mol. The molecule has 45 heavy (non-hydrogen) atoms. The fourth-order valence-corrected chi connectivity index (χ4v) is 5.61. The molecule has 3 rings (SSSR count). The van der Waals surface area contributed by atoms with Crippen LogP contribution in [0, 0.1) is 6.92 Å². The first-order valence-electron chi connectivity index (χ1n) is 17.1. The van der Waals surface area contributed by atoms with Crippen molar-refractivity contribution in [2.45, 2.75) is 132 Å². The molecule has 0 saturated heterocycles. The molecule has 0 amide bonds. The minimum atomic E-state index is -0.344. The second kappa shape index (κ2) is 21.8.